The molecule has 1 aromatic rings. The normalized spacial score (nSPS) is 11.0. The first-order valence-corrected chi connectivity index (χ1v) is 5.45. The van der Waals surface area contributed by atoms with Gasteiger partial charge in [0, 0.05) is 0 Å². The number of sulfonamides is 1. The summed E-state index contributed by atoms with van der Waals surface area (Å²) in [6.45, 7) is 3.41. The highest BCUT2D eigenvalue weighted by atomic mass is 32.2. The van der Waals surface area contributed by atoms with Crippen LogP contribution < -0.4 is 5.14 Å². The van der Waals surface area contributed by atoms with Gasteiger partial charge in [-0.15, -0.1) is 0 Å². The maximum absolute atomic E-state index is 11.2. The number of hydrogen-bond donors (Lipinski definition) is 1. The Hall–Kier alpha value is -1.38. The predicted octanol–water partition coefficient (Wildman–Crippen LogP) is 0.823. The second kappa shape index (κ2) is 3.40. The molecule has 5 heteroatoms. The summed E-state index contributed by atoms with van der Waals surface area (Å²) in [7, 11) is -3.82. The summed E-state index contributed by atoms with van der Waals surface area (Å²) in [5, 5.41) is 13.8. The molecule has 0 aliphatic rings. The molecule has 0 radical (unpaired) electrons. The molecule has 0 atom stereocenters. The second-order valence-corrected chi connectivity index (χ2v) is 4.61. The van der Waals surface area contributed by atoms with Gasteiger partial charge in [0.1, 0.15) is 11.0 Å². The zero-order valence-electron chi connectivity index (χ0n) is 7.90. The Labute approximate surface area is 83.0 Å². The van der Waals surface area contributed by atoms with Gasteiger partial charge >= 0.3 is 0 Å². The van der Waals surface area contributed by atoms with Crippen LogP contribution in [0.15, 0.2) is 17.0 Å². The van der Waals surface area contributed by atoms with Gasteiger partial charge in [-0.05, 0) is 31.0 Å². The van der Waals surface area contributed by atoms with E-state index >= 15 is 0 Å². The maximum Gasteiger partial charge on any atom is 0.239 e. The molecule has 0 aliphatic carbocycles. The van der Waals surface area contributed by atoms with Crippen molar-refractivity contribution in [3.8, 4) is 6.07 Å². The van der Waals surface area contributed by atoms with E-state index in [1.54, 1.807) is 19.9 Å². The predicted molar refractivity (Wildman–Crippen MR) is 52.0 cm³/mol. The summed E-state index contributed by atoms with van der Waals surface area (Å²) in [5.41, 5.74) is 1.44. The fourth-order valence-corrected chi connectivity index (χ4v) is 2.33. The molecule has 0 unspecified atom stereocenters. The van der Waals surface area contributed by atoms with Gasteiger partial charge in [-0.1, -0.05) is 6.07 Å². The van der Waals surface area contributed by atoms with E-state index in [0.29, 0.717) is 5.56 Å². The van der Waals surface area contributed by atoms with Gasteiger partial charge in [0.2, 0.25) is 10.0 Å². The third-order valence-corrected chi connectivity index (χ3v) is 2.93. The Kier molecular flexibility index (Phi) is 2.60. The Bertz CT molecular complexity index is 512. The van der Waals surface area contributed by atoms with E-state index in [1.165, 1.54) is 6.07 Å². The fraction of sp³-hybridized carbons (Fsp3) is 0.222. The maximum atomic E-state index is 11.2. The van der Waals surface area contributed by atoms with Gasteiger partial charge in [0.15, 0.2) is 0 Å². The number of benzene rings is 1. The van der Waals surface area contributed by atoms with Crippen molar-refractivity contribution in [3.63, 3.8) is 0 Å². The molecular formula is C9H10N2O2S. The third-order valence-electron chi connectivity index (χ3n) is 1.82. The highest BCUT2D eigenvalue weighted by Crippen LogP contribution is 2.20. The summed E-state index contributed by atoms with van der Waals surface area (Å²) in [6.07, 6.45) is 0. The summed E-state index contributed by atoms with van der Waals surface area (Å²) in [6, 6.07) is 5.01. The molecule has 0 bridgehead atoms. The van der Waals surface area contributed by atoms with Crippen molar-refractivity contribution in [1.29, 1.82) is 5.26 Å². The molecule has 0 heterocycles. The molecule has 1 rings (SSSR count). The smallest absolute Gasteiger partial charge is 0.225 e. The van der Waals surface area contributed by atoms with E-state index in [2.05, 4.69) is 0 Å². The van der Waals surface area contributed by atoms with E-state index in [4.69, 9.17) is 10.4 Å². The van der Waals surface area contributed by atoms with Crippen LogP contribution in [-0.2, 0) is 10.0 Å². The molecule has 2 N–H and O–H groups in total. The molecule has 1 aromatic carbocycles. The molecule has 0 saturated heterocycles. The average Bonchev–Trinajstić information content (AvgIpc) is 1.99. The number of hydrogen-bond acceptors (Lipinski definition) is 3. The highest BCUT2D eigenvalue weighted by Gasteiger charge is 2.17. The van der Waals surface area contributed by atoms with Crippen LogP contribution in [-0.4, -0.2) is 8.42 Å². The molecule has 0 amide bonds. The Balaban J connectivity index is 3.68. The van der Waals surface area contributed by atoms with Crippen LogP contribution in [0.5, 0.6) is 0 Å². The largest absolute Gasteiger partial charge is 0.239 e. The van der Waals surface area contributed by atoms with Gasteiger partial charge in [0.05, 0.1) is 5.56 Å². The van der Waals surface area contributed by atoms with Crippen LogP contribution >= 0.6 is 0 Å². The van der Waals surface area contributed by atoms with Crippen LogP contribution in [0.1, 0.15) is 16.7 Å². The Morgan fingerprint density at radius 3 is 2.36 bits per heavy atom. The summed E-state index contributed by atoms with van der Waals surface area (Å²) >= 11 is 0. The molecule has 74 valence electrons. The summed E-state index contributed by atoms with van der Waals surface area (Å²) < 4.78 is 22.3. The first-order chi connectivity index (χ1) is 6.36. The van der Waals surface area contributed by atoms with Gasteiger partial charge < -0.3 is 0 Å². The van der Waals surface area contributed by atoms with Crippen LogP contribution in [0.4, 0.5) is 0 Å². The quantitative estimate of drug-likeness (QED) is 0.744. The van der Waals surface area contributed by atoms with Crippen molar-refractivity contribution in [2.45, 2.75) is 18.7 Å². The number of aryl methyl sites for hydroxylation is 2. The minimum atomic E-state index is -3.82. The van der Waals surface area contributed by atoms with Crippen molar-refractivity contribution in [2.24, 2.45) is 5.14 Å². The van der Waals surface area contributed by atoms with Crippen molar-refractivity contribution >= 4 is 10.0 Å². The number of nitrogens with two attached hydrogens (primary N) is 1. The topological polar surface area (TPSA) is 84.0 Å². The SMILES string of the molecule is Cc1cc(C)c(S(N)(=O)=O)c(C#N)c1. The van der Waals surface area contributed by atoms with E-state index in [1.807, 2.05) is 6.07 Å². The van der Waals surface area contributed by atoms with Crippen LogP contribution in [0.2, 0.25) is 0 Å². The van der Waals surface area contributed by atoms with E-state index in [9.17, 15) is 8.42 Å². The standard InChI is InChI=1S/C9H10N2O2S/c1-6-3-7(2)9(14(11,12)13)8(4-6)5-10/h3-4H,1-2H3,(H2,11,12,13). The molecule has 0 spiro atoms. The lowest BCUT2D eigenvalue weighted by Gasteiger charge is -2.06. The molecule has 0 fully saturated rings. The molecule has 4 nitrogen and oxygen atoms in total. The molecule has 0 saturated carbocycles. The minimum Gasteiger partial charge on any atom is -0.225 e. The number of nitrogens with zero attached hydrogens (tertiary/aromatic N) is 1. The van der Waals surface area contributed by atoms with Crippen molar-refractivity contribution in [3.05, 3.63) is 28.8 Å². The highest BCUT2D eigenvalue weighted by molar-refractivity contribution is 7.89. The van der Waals surface area contributed by atoms with E-state index in [0.717, 1.165) is 5.56 Å². The second-order valence-electron chi connectivity index (χ2n) is 3.12. The van der Waals surface area contributed by atoms with Crippen molar-refractivity contribution in [2.75, 3.05) is 0 Å². The molecule has 14 heavy (non-hydrogen) atoms. The first kappa shape index (κ1) is 10.7. The van der Waals surface area contributed by atoms with E-state index < -0.39 is 10.0 Å². The third kappa shape index (κ3) is 1.92. The number of nitriles is 1. The lowest BCUT2D eigenvalue weighted by molar-refractivity contribution is 0.597. The minimum absolute atomic E-state index is 0.0781. The van der Waals surface area contributed by atoms with Crippen LogP contribution in [0, 0.1) is 25.2 Å². The van der Waals surface area contributed by atoms with Gasteiger partial charge in [-0.3, -0.25) is 0 Å². The molecule has 0 aromatic heterocycles. The molecular weight excluding hydrogens is 200 g/mol. The zero-order valence-corrected chi connectivity index (χ0v) is 8.72. The van der Waals surface area contributed by atoms with Crippen LogP contribution in [0.3, 0.4) is 0 Å². The first-order valence-electron chi connectivity index (χ1n) is 3.90. The average molecular weight is 210 g/mol. The van der Waals surface area contributed by atoms with Crippen LogP contribution in [0.25, 0.3) is 0 Å². The van der Waals surface area contributed by atoms with Gasteiger partial charge in [-0.25, -0.2) is 13.6 Å². The lowest BCUT2D eigenvalue weighted by Crippen LogP contribution is -2.15. The van der Waals surface area contributed by atoms with Crippen molar-refractivity contribution in [1.82, 2.24) is 0 Å². The summed E-state index contributed by atoms with van der Waals surface area (Å²) in [4.78, 5) is -0.0781. The zero-order chi connectivity index (χ0) is 10.9. The Morgan fingerprint density at radius 2 is 1.93 bits per heavy atom. The summed E-state index contributed by atoms with van der Waals surface area (Å²) in [5.74, 6) is 0. The van der Waals surface area contributed by atoms with E-state index in [-0.39, 0.29) is 10.5 Å². The monoisotopic (exact) mass is 210 g/mol. The lowest BCUT2D eigenvalue weighted by atomic mass is 10.1. The number of primary sulfonamides is 1. The number of rotatable bonds is 1. The fourth-order valence-electron chi connectivity index (χ4n) is 1.42. The Morgan fingerprint density at radius 1 is 1.36 bits per heavy atom. The van der Waals surface area contributed by atoms with Gasteiger partial charge in [-0.2, -0.15) is 5.26 Å². The van der Waals surface area contributed by atoms with Crippen molar-refractivity contribution < 1.29 is 8.42 Å². The molecule has 0 aliphatic heterocycles. The van der Waals surface area contributed by atoms with Gasteiger partial charge in [0.25, 0.3) is 0 Å².